The summed E-state index contributed by atoms with van der Waals surface area (Å²) in [5.41, 5.74) is 12.3. The number of aliphatic hydroxyl groups is 1. The van der Waals surface area contributed by atoms with Gasteiger partial charge in [-0.1, -0.05) is 65.4 Å². The number of nitrogens with one attached hydrogen (secondary N) is 1. The molecule has 0 bridgehead atoms. The highest BCUT2D eigenvalue weighted by atomic mass is 35.5. The number of thioether (sulfide) groups is 1. The van der Waals surface area contributed by atoms with E-state index in [0.717, 1.165) is 70.7 Å². The van der Waals surface area contributed by atoms with Crippen LogP contribution in [-0.4, -0.2) is 80.3 Å². The van der Waals surface area contributed by atoms with E-state index >= 15 is 0 Å². The average molecular weight is 718 g/mol. The Balaban J connectivity index is 1.20. The van der Waals surface area contributed by atoms with Gasteiger partial charge in [0.25, 0.3) is 0 Å². The van der Waals surface area contributed by atoms with Gasteiger partial charge in [-0.3, -0.25) is 19.2 Å². The molecule has 1 aromatic heterocycles. The number of amides is 2. The topological polar surface area (TPSA) is 117 Å². The summed E-state index contributed by atoms with van der Waals surface area (Å²) >= 11 is 14.5. The number of hydrogen-bond donors (Lipinski definition) is 3. The van der Waals surface area contributed by atoms with Crippen molar-refractivity contribution in [3.63, 3.8) is 0 Å². The fraction of sp³-hybridized carbons (Fsp3) is 0.324. The fourth-order valence-electron chi connectivity index (χ4n) is 6.11. The SMILES string of the molecule is NC(=O)C(=O)N1CCc2c(c(-c3ccc(Cl)c(C#Cc4ccc(CNCc5ccc(Cl)cc5)cc4)c3)nn2CC(O)CN2CCSCC2)C1. The van der Waals surface area contributed by atoms with Gasteiger partial charge in [-0.15, -0.1) is 0 Å². The van der Waals surface area contributed by atoms with Gasteiger partial charge in [0.15, 0.2) is 0 Å². The van der Waals surface area contributed by atoms with Gasteiger partial charge in [0.1, 0.15) is 0 Å². The van der Waals surface area contributed by atoms with E-state index in [4.69, 9.17) is 34.0 Å². The molecule has 1 fully saturated rings. The molecule has 254 valence electrons. The molecule has 9 nitrogen and oxygen atoms in total. The summed E-state index contributed by atoms with van der Waals surface area (Å²) in [6.45, 7) is 4.79. The Hall–Kier alpha value is -3.82. The van der Waals surface area contributed by atoms with Crippen LogP contribution in [0, 0.1) is 11.8 Å². The molecular formula is C37H38Cl2N6O3S. The number of carbonyl (C=O) groups is 2. The first-order valence-electron chi connectivity index (χ1n) is 16.2. The Morgan fingerprint density at radius 2 is 1.63 bits per heavy atom. The molecule has 4 N–H and O–H groups in total. The van der Waals surface area contributed by atoms with E-state index in [0.29, 0.717) is 42.3 Å². The van der Waals surface area contributed by atoms with Gasteiger partial charge < -0.3 is 21.1 Å². The van der Waals surface area contributed by atoms with Crippen LogP contribution in [0.2, 0.25) is 10.0 Å². The Labute approximate surface area is 300 Å². The van der Waals surface area contributed by atoms with Gasteiger partial charge in [0.2, 0.25) is 0 Å². The summed E-state index contributed by atoms with van der Waals surface area (Å²) in [6.07, 6.45) is -0.121. The Morgan fingerprint density at radius 1 is 0.939 bits per heavy atom. The summed E-state index contributed by atoms with van der Waals surface area (Å²) < 4.78 is 1.85. The highest BCUT2D eigenvalue weighted by Crippen LogP contribution is 2.32. The number of rotatable bonds is 9. The van der Waals surface area contributed by atoms with E-state index in [-0.39, 0.29) is 6.54 Å². The standard InChI is InChI=1S/C37H38Cl2N6O3S/c38-30-10-6-27(7-11-30)21-41-20-26-3-1-25(2-4-26)5-8-28-19-29(9-12-33(28)39)35-32-24-44(37(48)36(40)47)14-13-34(32)45(42-35)23-31(46)22-43-15-17-49-18-16-43/h1-4,6-7,9-12,19,31,41,46H,13-18,20-24H2,(H2,40,47). The van der Waals surface area contributed by atoms with Crippen LogP contribution in [0.5, 0.6) is 0 Å². The zero-order chi connectivity index (χ0) is 34.3. The van der Waals surface area contributed by atoms with Gasteiger partial charge in [-0.05, 0) is 47.5 Å². The summed E-state index contributed by atoms with van der Waals surface area (Å²) in [6, 6.07) is 21.4. The summed E-state index contributed by atoms with van der Waals surface area (Å²) in [5, 5.41) is 20.7. The number of nitrogens with two attached hydrogens (primary N) is 1. The lowest BCUT2D eigenvalue weighted by Gasteiger charge is -2.29. The van der Waals surface area contributed by atoms with Crippen LogP contribution in [0.15, 0.2) is 66.7 Å². The van der Waals surface area contributed by atoms with Crippen LogP contribution in [0.25, 0.3) is 11.3 Å². The van der Waals surface area contributed by atoms with Crippen LogP contribution in [0.1, 0.15) is 33.5 Å². The average Bonchev–Trinajstić information content (AvgIpc) is 3.46. The molecule has 3 aromatic carbocycles. The maximum atomic E-state index is 12.6. The first-order chi connectivity index (χ1) is 23.7. The molecule has 2 aliphatic heterocycles. The number of benzene rings is 3. The lowest BCUT2D eigenvalue weighted by atomic mass is 9.99. The molecule has 2 aliphatic rings. The Morgan fingerprint density at radius 3 is 2.33 bits per heavy atom. The molecule has 6 rings (SSSR count). The summed E-state index contributed by atoms with van der Waals surface area (Å²) in [7, 11) is 0. The summed E-state index contributed by atoms with van der Waals surface area (Å²) in [5.74, 6) is 6.86. The minimum atomic E-state index is -0.987. The van der Waals surface area contributed by atoms with Crippen molar-refractivity contribution in [3.05, 3.63) is 110 Å². The molecule has 49 heavy (non-hydrogen) atoms. The Kier molecular flexibility index (Phi) is 11.6. The molecule has 0 spiro atoms. The van der Waals surface area contributed by atoms with Crippen LogP contribution in [-0.2, 0) is 42.2 Å². The minimum absolute atomic E-state index is 0.191. The lowest BCUT2D eigenvalue weighted by Crippen LogP contribution is -2.43. The van der Waals surface area contributed by atoms with Gasteiger partial charge >= 0.3 is 11.8 Å². The van der Waals surface area contributed by atoms with Crippen molar-refractivity contribution in [2.75, 3.05) is 37.7 Å². The molecule has 12 heteroatoms. The van der Waals surface area contributed by atoms with Crippen LogP contribution in [0.3, 0.4) is 0 Å². The largest absolute Gasteiger partial charge is 0.390 e. The van der Waals surface area contributed by atoms with E-state index in [1.165, 1.54) is 10.5 Å². The number of carbonyl (C=O) groups excluding carboxylic acids is 2. The second-order valence-electron chi connectivity index (χ2n) is 12.2. The fourth-order valence-corrected chi connectivity index (χ4v) is 7.38. The minimum Gasteiger partial charge on any atom is -0.390 e. The quantitative estimate of drug-likeness (QED) is 0.175. The number of hydrogen-bond acceptors (Lipinski definition) is 7. The predicted molar refractivity (Wildman–Crippen MR) is 195 cm³/mol. The van der Waals surface area contributed by atoms with E-state index < -0.39 is 17.9 Å². The van der Waals surface area contributed by atoms with E-state index in [1.807, 2.05) is 77.1 Å². The number of primary amides is 1. The highest BCUT2D eigenvalue weighted by molar-refractivity contribution is 7.99. The number of β-amino-alcohol motifs (C(OH)–C–C–N with tert-alkyl or cyclic N) is 1. The second kappa shape index (κ2) is 16.3. The number of fused-ring (bicyclic) bond motifs is 1. The first-order valence-corrected chi connectivity index (χ1v) is 18.2. The number of aliphatic hydroxyl groups excluding tert-OH is 1. The molecule has 0 saturated carbocycles. The van der Waals surface area contributed by atoms with Crippen molar-refractivity contribution >= 4 is 46.8 Å². The smallest absolute Gasteiger partial charge is 0.311 e. The molecule has 0 radical (unpaired) electrons. The maximum absolute atomic E-state index is 12.6. The molecular weight excluding hydrogens is 679 g/mol. The maximum Gasteiger partial charge on any atom is 0.311 e. The van der Waals surface area contributed by atoms with Crippen LogP contribution < -0.4 is 11.1 Å². The molecule has 1 atom stereocenters. The lowest BCUT2D eigenvalue weighted by molar-refractivity contribution is -0.144. The van der Waals surface area contributed by atoms with E-state index in [9.17, 15) is 14.7 Å². The zero-order valence-electron chi connectivity index (χ0n) is 27.0. The second-order valence-corrected chi connectivity index (χ2v) is 14.3. The monoisotopic (exact) mass is 716 g/mol. The molecule has 4 aromatic rings. The molecule has 0 aliphatic carbocycles. The summed E-state index contributed by atoms with van der Waals surface area (Å²) in [4.78, 5) is 28.0. The van der Waals surface area contributed by atoms with Crippen LogP contribution in [0.4, 0.5) is 0 Å². The number of halogens is 2. The van der Waals surface area contributed by atoms with Gasteiger partial charge in [-0.25, -0.2) is 0 Å². The van der Waals surface area contributed by atoms with Crippen LogP contribution >= 0.6 is 35.0 Å². The van der Waals surface area contributed by atoms with E-state index in [1.54, 1.807) is 6.07 Å². The molecule has 3 heterocycles. The van der Waals surface area contributed by atoms with Gasteiger partial charge in [-0.2, -0.15) is 16.9 Å². The van der Waals surface area contributed by atoms with Crippen molar-refractivity contribution in [2.24, 2.45) is 5.73 Å². The molecule has 1 unspecified atom stereocenters. The predicted octanol–water partition coefficient (Wildman–Crippen LogP) is 4.33. The number of aromatic nitrogens is 2. The van der Waals surface area contributed by atoms with Gasteiger partial charge in [0, 0.05) is 90.2 Å². The van der Waals surface area contributed by atoms with Crippen molar-refractivity contribution in [2.45, 2.75) is 38.7 Å². The third kappa shape index (κ3) is 9.05. The Bertz CT molecular complexity index is 1860. The van der Waals surface area contributed by atoms with Gasteiger partial charge in [0.05, 0.1) is 29.9 Å². The zero-order valence-corrected chi connectivity index (χ0v) is 29.3. The van der Waals surface area contributed by atoms with Crippen molar-refractivity contribution < 1.29 is 14.7 Å². The van der Waals surface area contributed by atoms with E-state index in [2.05, 4.69) is 22.1 Å². The van der Waals surface area contributed by atoms with Crippen molar-refractivity contribution in [1.29, 1.82) is 0 Å². The first kappa shape index (κ1) is 35.0. The molecule has 1 saturated heterocycles. The molecule has 2 amide bonds. The third-order valence-electron chi connectivity index (χ3n) is 8.70. The normalized spacial score (nSPS) is 15.3. The number of nitrogens with zero attached hydrogens (tertiary/aromatic N) is 4. The highest BCUT2D eigenvalue weighted by Gasteiger charge is 2.31. The van der Waals surface area contributed by atoms with Crippen molar-refractivity contribution in [1.82, 2.24) is 24.9 Å². The third-order valence-corrected chi connectivity index (χ3v) is 10.2. The van der Waals surface area contributed by atoms with Crippen molar-refractivity contribution in [3.8, 4) is 23.1 Å².